The molecule has 2 aromatic carbocycles. The van der Waals surface area contributed by atoms with E-state index in [0.717, 1.165) is 17.9 Å². The number of hydrogen-bond acceptors (Lipinski definition) is 3. The molecule has 25 heavy (non-hydrogen) atoms. The van der Waals surface area contributed by atoms with Gasteiger partial charge in [-0.2, -0.15) is 0 Å². The van der Waals surface area contributed by atoms with E-state index in [1.807, 2.05) is 42.5 Å². The Bertz CT molecular complexity index is 688. The first-order valence-electron chi connectivity index (χ1n) is 8.63. The van der Waals surface area contributed by atoms with E-state index in [0.29, 0.717) is 6.54 Å². The third-order valence-electron chi connectivity index (χ3n) is 4.07. The first kappa shape index (κ1) is 18.8. The molecule has 1 amide bonds. The Morgan fingerprint density at radius 3 is 2.36 bits per heavy atom. The van der Waals surface area contributed by atoms with Crippen molar-refractivity contribution < 1.29 is 9.53 Å². The monoisotopic (exact) mass is 340 g/mol. The maximum Gasteiger partial charge on any atom is 0.239 e. The minimum absolute atomic E-state index is 0.00257. The normalized spacial score (nSPS) is 11.0. The third kappa shape index (κ3) is 5.82. The summed E-state index contributed by atoms with van der Waals surface area (Å²) in [5.74, 6) is 0.840. The lowest BCUT2D eigenvalue weighted by atomic mass is 9.86. The van der Waals surface area contributed by atoms with Crippen molar-refractivity contribution in [3.05, 3.63) is 59.7 Å². The number of methoxy groups -OCH3 is 1. The summed E-state index contributed by atoms with van der Waals surface area (Å²) >= 11 is 0. The zero-order valence-electron chi connectivity index (χ0n) is 15.6. The second-order valence-electron chi connectivity index (χ2n) is 7.10. The van der Waals surface area contributed by atoms with E-state index in [1.54, 1.807) is 7.11 Å². The number of para-hydroxylation sites is 1. The third-order valence-corrected chi connectivity index (χ3v) is 4.07. The van der Waals surface area contributed by atoms with Crippen LogP contribution < -0.4 is 15.4 Å². The molecular formula is C21H28N2O2. The molecule has 134 valence electrons. The highest BCUT2D eigenvalue weighted by molar-refractivity contribution is 5.81. The molecule has 4 nitrogen and oxygen atoms in total. The quantitative estimate of drug-likeness (QED) is 0.807. The smallest absolute Gasteiger partial charge is 0.239 e. The first-order valence-corrected chi connectivity index (χ1v) is 8.63. The highest BCUT2D eigenvalue weighted by atomic mass is 16.5. The Morgan fingerprint density at radius 1 is 1.04 bits per heavy atom. The maximum absolute atomic E-state index is 12.1. The van der Waals surface area contributed by atoms with Gasteiger partial charge in [0.15, 0.2) is 0 Å². The fraction of sp³-hybridized carbons (Fsp3) is 0.381. The van der Waals surface area contributed by atoms with E-state index in [-0.39, 0.29) is 17.9 Å². The highest BCUT2D eigenvalue weighted by Crippen LogP contribution is 2.28. The molecule has 0 spiro atoms. The zero-order valence-corrected chi connectivity index (χ0v) is 15.6. The fourth-order valence-electron chi connectivity index (χ4n) is 2.67. The van der Waals surface area contributed by atoms with Gasteiger partial charge in [-0.15, -0.1) is 0 Å². The van der Waals surface area contributed by atoms with Gasteiger partial charge in [-0.3, -0.25) is 4.79 Å². The topological polar surface area (TPSA) is 50.4 Å². The van der Waals surface area contributed by atoms with E-state index < -0.39 is 0 Å². The maximum atomic E-state index is 12.1. The summed E-state index contributed by atoms with van der Waals surface area (Å²) < 4.78 is 5.14. The minimum atomic E-state index is -0.00257. The molecule has 0 aliphatic carbocycles. The van der Waals surface area contributed by atoms with Crippen LogP contribution in [0.25, 0.3) is 0 Å². The van der Waals surface area contributed by atoms with Gasteiger partial charge in [0, 0.05) is 12.2 Å². The molecule has 0 aliphatic heterocycles. The van der Waals surface area contributed by atoms with Crippen molar-refractivity contribution in [3.63, 3.8) is 0 Å². The number of benzene rings is 2. The number of nitrogens with one attached hydrogen (secondary N) is 2. The van der Waals surface area contributed by atoms with E-state index in [9.17, 15) is 4.79 Å². The molecule has 4 heteroatoms. The number of rotatable bonds is 7. The summed E-state index contributed by atoms with van der Waals surface area (Å²) in [5.41, 5.74) is 3.43. The van der Waals surface area contributed by atoms with Crippen molar-refractivity contribution in [2.24, 2.45) is 0 Å². The highest BCUT2D eigenvalue weighted by Gasteiger charge is 2.17. The molecular weight excluding hydrogens is 312 g/mol. The Morgan fingerprint density at radius 2 is 1.72 bits per heavy atom. The molecule has 2 N–H and O–H groups in total. The van der Waals surface area contributed by atoms with Crippen molar-refractivity contribution in [2.75, 3.05) is 25.5 Å². The summed E-state index contributed by atoms with van der Waals surface area (Å²) in [6.07, 6.45) is 0.800. The second-order valence-corrected chi connectivity index (χ2v) is 7.10. The Hall–Kier alpha value is -2.49. The van der Waals surface area contributed by atoms with E-state index in [4.69, 9.17) is 4.74 Å². The lowest BCUT2D eigenvalue weighted by Gasteiger charge is -2.23. The number of amides is 1. The summed E-state index contributed by atoms with van der Waals surface area (Å²) in [5, 5.41) is 6.21. The van der Waals surface area contributed by atoms with Crippen molar-refractivity contribution in [3.8, 4) is 5.75 Å². The Balaban J connectivity index is 1.79. The van der Waals surface area contributed by atoms with E-state index in [1.165, 1.54) is 11.1 Å². The van der Waals surface area contributed by atoms with E-state index in [2.05, 4.69) is 37.5 Å². The van der Waals surface area contributed by atoms with Gasteiger partial charge in [-0.05, 0) is 41.2 Å². The molecule has 0 atom stereocenters. The second kappa shape index (κ2) is 8.56. The summed E-state index contributed by atoms with van der Waals surface area (Å²) in [6, 6.07) is 16.0. The number of carbonyl (C=O) groups is 1. The van der Waals surface area contributed by atoms with Crippen molar-refractivity contribution >= 4 is 11.6 Å². The number of anilines is 1. The Kier molecular flexibility index (Phi) is 6.45. The van der Waals surface area contributed by atoms with Crippen LogP contribution in [0.1, 0.15) is 31.9 Å². The van der Waals surface area contributed by atoms with Crippen LogP contribution in [0.3, 0.4) is 0 Å². The molecule has 0 saturated carbocycles. The van der Waals surface area contributed by atoms with Crippen LogP contribution in [0.5, 0.6) is 5.75 Å². The van der Waals surface area contributed by atoms with Crippen LogP contribution >= 0.6 is 0 Å². The van der Waals surface area contributed by atoms with Gasteiger partial charge < -0.3 is 15.4 Å². The lowest BCUT2D eigenvalue weighted by molar-refractivity contribution is -0.119. The zero-order chi connectivity index (χ0) is 18.3. The first-order chi connectivity index (χ1) is 11.9. The molecule has 0 unspecified atom stereocenters. The lowest BCUT2D eigenvalue weighted by Crippen LogP contribution is -2.32. The fourth-order valence-corrected chi connectivity index (χ4v) is 2.67. The van der Waals surface area contributed by atoms with Gasteiger partial charge >= 0.3 is 0 Å². The van der Waals surface area contributed by atoms with Crippen LogP contribution in [-0.4, -0.2) is 26.1 Å². The van der Waals surface area contributed by atoms with Crippen molar-refractivity contribution in [1.29, 1.82) is 0 Å². The molecule has 0 bridgehead atoms. The summed E-state index contributed by atoms with van der Waals surface area (Å²) in [7, 11) is 1.65. The summed E-state index contributed by atoms with van der Waals surface area (Å²) in [4.78, 5) is 12.1. The molecule has 0 fully saturated rings. The average molecular weight is 340 g/mol. The molecule has 0 radical (unpaired) electrons. The van der Waals surface area contributed by atoms with Gasteiger partial charge in [0.05, 0.1) is 13.7 Å². The van der Waals surface area contributed by atoms with Crippen LogP contribution in [-0.2, 0) is 16.6 Å². The van der Waals surface area contributed by atoms with E-state index >= 15 is 0 Å². The van der Waals surface area contributed by atoms with Gasteiger partial charge in [-0.1, -0.05) is 51.1 Å². The SMILES string of the molecule is COc1ccc(CCNC(=O)CNc2ccccc2C(C)(C)C)cc1. The number of carbonyl (C=O) groups excluding carboxylic acids is 1. The molecule has 2 rings (SSSR count). The minimum Gasteiger partial charge on any atom is -0.497 e. The molecule has 0 aromatic heterocycles. The summed E-state index contributed by atoms with van der Waals surface area (Å²) in [6.45, 7) is 7.40. The number of ether oxygens (including phenoxy) is 1. The van der Waals surface area contributed by atoms with Gasteiger partial charge in [0.2, 0.25) is 5.91 Å². The number of hydrogen-bond donors (Lipinski definition) is 2. The Labute approximate surface area is 150 Å². The van der Waals surface area contributed by atoms with Crippen molar-refractivity contribution in [2.45, 2.75) is 32.6 Å². The predicted octanol–water partition coefficient (Wildman–Crippen LogP) is 3.76. The predicted molar refractivity (Wildman–Crippen MR) is 103 cm³/mol. The van der Waals surface area contributed by atoms with Gasteiger partial charge in [0.1, 0.15) is 5.75 Å². The molecule has 2 aromatic rings. The molecule has 0 aliphatic rings. The largest absolute Gasteiger partial charge is 0.497 e. The van der Waals surface area contributed by atoms with Crippen LogP contribution in [0.2, 0.25) is 0 Å². The van der Waals surface area contributed by atoms with Gasteiger partial charge in [0.25, 0.3) is 0 Å². The van der Waals surface area contributed by atoms with Crippen molar-refractivity contribution in [1.82, 2.24) is 5.32 Å². The standard InChI is InChI=1S/C21H28N2O2/c1-21(2,3)18-7-5-6-8-19(18)23-15-20(24)22-14-13-16-9-11-17(25-4)12-10-16/h5-12,23H,13-15H2,1-4H3,(H,22,24). The van der Waals surface area contributed by atoms with Crippen LogP contribution in [0.4, 0.5) is 5.69 Å². The van der Waals surface area contributed by atoms with Crippen LogP contribution in [0, 0.1) is 0 Å². The average Bonchev–Trinajstić information content (AvgIpc) is 2.60. The van der Waals surface area contributed by atoms with Gasteiger partial charge in [-0.25, -0.2) is 0 Å². The molecule has 0 heterocycles. The molecule has 0 saturated heterocycles. The van der Waals surface area contributed by atoms with Crippen LogP contribution in [0.15, 0.2) is 48.5 Å².